The summed E-state index contributed by atoms with van der Waals surface area (Å²) in [5.41, 5.74) is 7.57. The Labute approximate surface area is 210 Å². The maximum absolute atomic E-state index is 12.8. The molecule has 7 heteroatoms. The van der Waals surface area contributed by atoms with E-state index in [1.165, 1.54) is 0 Å². The number of amides is 2. The van der Waals surface area contributed by atoms with Gasteiger partial charge in [0.05, 0.1) is 12.2 Å². The van der Waals surface area contributed by atoms with Gasteiger partial charge in [0.15, 0.2) is 0 Å². The van der Waals surface area contributed by atoms with Crippen LogP contribution in [0.5, 0.6) is 0 Å². The van der Waals surface area contributed by atoms with Gasteiger partial charge in [0.25, 0.3) is 0 Å². The topological polar surface area (TPSA) is 82.1 Å². The summed E-state index contributed by atoms with van der Waals surface area (Å²) < 4.78 is 5.43. The first-order valence-corrected chi connectivity index (χ1v) is 12.5. The van der Waals surface area contributed by atoms with Crippen molar-refractivity contribution in [2.45, 2.75) is 38.5 Å². The van der Waals surface area contributed by atoms with Crippen molar-refractivity contribution >= 4 is 23.4 Å². The standard InChI is InChI=1S/C29H29N3O4/c1-18-6-9-26-19(14-18)17-36-29(35)32(26)21-10-12-31(13-11-21)16-27(33)30-20-7-8-23-22-4-2-3-5-24(22)28(34)25(23)15-20/h2-9,14-15,21,28,34H,10-13,16-17H2,1H3,(H,30,33). The summed E-state index contributed by atoms with van der Waals surface area (Å²) in [4.78, 5) is 29.3. The average molecular weight is 484 g/mol. The smallest absolute Gasteiger partial charge is 0.414 e. The van der Waals surface area contributed by atoms with Gasteiger partial charge >= 0.3 is 6.09 Å². The summed E-state index contributed by atoms with van der Waals surface area (Å²) in [6.07, 6.45) is 0.587. The van der Waals surface area contributed by atoms with Gasteiger partial charge in [0.2, 0.25) is 5.91 Å². The number of aryl methyl sites for hydroxylation is 1. The minimum absolute atomic E-state index is 0.0541. The van der Waals surface area contributed by atoms with Crippen molar-refractivity contribution in [1.29, 1.82) is 0 Å². The molecule has 0 aromatic heterocycles. The second-order valence-corrected chi connectivity index (χ2v) is 9.90. The van der Waals surface area contributed by atoms with Crippen molar-refractivity contribution in [2.24, 2.45) is 0 Å². The lowest BCUT2D eigenvalue weighted by Gasteiger charge is -2.40. The lowest BCUT2D eigenvalue weighted by molar-refractivity contribution is -0.117. The quantitative estimate of drug-likeness (QED) is 0.566. The number of nitrogens with zero attached hydrogens (tertiary/aromatic N) is 2. The third-order valence-electron chi connectivity index (χ3n) is 7.51. The number of hydrogen-bond acceptors (Lipinski definition) is 5. The predicted octanol–water partition coefficient (Wildman–Crippen LogP) is 4.62. The lowest BCUT2D eigenvalue weighted by atomic mass is 10.00. The van der Waals surface area contributed by atoms with Crippen molar-refractivity contribution in [3.05, 3.63) is 82.9 Å². The van der Waals surface area contributed by atoms with E-state index in [0.29, 0.717) is 12.3 Å². The summed E-state index contributed by atoms with van der Waals surface area (Å²) in [7, 11) is 0. The first kappa shape index (κ1) is 22.8. The molecule has 184 valence electrons. The molecule has 1 fully saturated rings. The van der Waals surface area contributed by atoms with E-state index in [9.17, 15) is 14.7 Å². The van der Waals surface area contributed by atoms with Crippen LogP contribution in [-0.4, -0.2) is 47.7 Å². The largest absolute Gasteiger partial charge is 0.444 e. The molecule has 0 bridgehead atoms. The van der Waals surface area contributed by atoms with Crippen LogP contribution in [0.15, 0.2) is 60.7 Å². The van der Waals surface area contributed by atoms with Crippen molar-refractivity contribution < 1.29 is 19.4 Å². The number of likely N-dealkylation sites (tertiary alicyclic amines) is 1. The minimum atomic E-state index is -0.678. The summed E-state index contributed by atoms with van der Waals surface area (Å²) in [5, 5.41) is 13.7. The summed E-state index contributed by atoms with van der Waals surface area (Å²) in [5.74, 6) is -0.0865. The fraction of sp³-hybridized carbons (Fsp3) is 0.310. The van der Waals surface area contributed by atoms with Crippen molar-refractivity contribution in [1.82, 2.24) is 4.90 Å². The van der Waals surface area contributed by atoms with Gasteiger partial charge in [0.1, 0.15) is 12.7 Å². The van der Waals surface area contributed by atoms with Crippen LogP contribution in [0.3, 0.4) is 0 Å². The Hall–Kier alpha value is -3.68. The molecule has 2 heterocycles. The highest BCUT2D eigenvalue weighted by Crippen LogP contribution is 2.44. The summed E-state index contributed by atoms with van der Waals surface area (Å²) >= 11 is 0. The SMILES string of the molecule is Cc1ccc2c(c1)COC(=O)N2C1CCN(CC(=O)Nc2ccc3c(c2)C(O)c2ccccc2-3)CC1. The molecular weight excluding hydrogens is 454 g/mol. The molecule has 7 nitrogen and oxygen atoms in total. The third kappa shape index (κ3) is 4.04. The number of hydrogen-bond donors (Lipinski definition) is 2. The molecule has 2 N–H and O–H groups in total. The fourth-order valence-electron chi connectivity index (χ4n) is 5.72. The summed E-state index contributed by atoms with van der Waals surface area (Å²) in [6.45, 7) is 4.08. The lowest BCUT2D eigenvalue weighted by Crippen LogP contribution is -2.50. The highest BCUT2D eigenvalue weighted by molar-refractivity contribution is 5.93. The first-order valence-electron chi connectivity index (χ1n) is 12.5. The average Bonchev–Trinajstić information content (AvgIpc) is 3.16. The number of benzene rings is 3. The van der Waals surface area contributed by atoms with Crippen molar-refractivity contribution in [3.63, 3.8) is 0 Å². The van der Waals surface area contributed by atoms with E-state index in [4.69, 9.17) is 4.74 Å². The Morgan fingerprint density at radius 3 is 2.64 bits per heavy atom. The Morgan fingerprint density at radius 2 is 1.81 bits per heavy atom. The molecule has 2 amide bonds. The van der Waals surface area contributed by atoms with E-state index in [1.807, 2.05) is 61.5 Å². The van der Waals surface area contributed by atoms with Gasteiger partial charge in [-0.2, -0.15) is 0 Å². The number of aliphatic hydroxyl groups is 1. The van der Waals surface area contributed by atoms with Gasteiger partial charge in [0, 0.05) is 30.4 Å². The fourth-order valence-corrected chi connectivity index (χ4v) is 5.72. The molecule has 0 radical (unpaired) electrons. The maximum Gasteiger partial charge on any atom is 0.414 e. The number of carbonyl (C=O) groups excluding carboxylic acids is 2. The molecule has 3 aliphatic rings. The molecule has 3 aromatic rings. The number of cyclic esters (lactones) is 1. The van der Waals surface area contributed by atoms with E-state index >= 15 is 0 Å². The van der Waals surface area contributed by atoms with Crippen LogP contribution in [0.25, 0.3) is 11.1 Å². The number of fused-ring (bicyclic) bond motifs is 4. The zero-order valence-corrected chi connectivity index (χ0v) is 20.2. The highest BCUT2D eigenvalue weighted by Gasteiger charge is 2.34. The van der Waals surface area contributed by atoms with Crippen LogP contribution in [-0.2, 0) is 16.1 Å². The number of rotatable bonds is 4. The predicted molar refractivity (Wildman–Crippen MR) is 138 cm³/mol. The molecule has 1 aliphatic carbocycles. The van der Waals surface area contributed by atoms with Crippen LogP contribution >= 0.6 is 0 Å². The van der Waals surface area contributed by atoms with E-state index in [1.54, 1.807) is 4.90 Å². The molecule has 6 rings (SSSR count). The molecule has 1 unspecified atom stereocenters. The van der Waals surface area contributed by atoms with Gasteiger partial charge in [-0.15, -0.1) is 0 Å². The van der Waals surface area contributed by atoms with Gasteiger partial charge in [-0.25, -0.2) is 4.79 Å². The Morgan fingerprint density at radius 1 is 1.03 bits per heavy atom. The molecule has 0 spiro atoms. The van der Waals surface area contributed by atoms with Crippen molar-refractivity contribution in [3.8, 4) is 11.1 Å². The number of anilines is 2. The molecule has 1 saturated heterocycles. The summed E-state index contributed by atoms with van der Waals surface area (Å²) in [6, 6.07) is 19.7. The van der Waals surface area contributed by atoms with Crippen LogP contribution < -0.4 is 10.2 Å². The third-order valence-corrected chi connectivity index (χ3v) is 7.51. The number of carbonyl (C=O) groups is 2. The van der Waals surface area contributed by atoms with E-state index < -0.39 is 6.10 Å². The monoisotopic (exact) mass is 483 g/mol. The van der Waals surface area contributed by atoms with Crippen molar-refractivity contribution in [2.75, 3.05) is 29.9 Å². The minimum Gasteiger partial charge on any atom is -0.444 e. The number of ether oxygens (including phenoxy) is 1. The van der Waals surface area contributed by atoms with E-state index in [-0.39, 0.29) is 24.6 Å². The van der Waals surface area contributed by atoms with Gasteiger partial charge in [-0.3, -0.25) is 14.6 Å². The molecule has 36 heavy (non-hydrogen) atoms. The highest BCUT2D eigenvalue weighted by atomic mass is 16.6. The van der Waals surface area contributed by atoms with E-state index in [2.05, 4.69) is 16.3 Å². The second-order valence-electron chi connectivity index (χ2n) is 9.90. The zero-order valence-electron chi connectivity index (χ0n) is 20.2. The van der Waals surface area contributed by atoms with Crippen LogP contribution in [0.4, 0.5) is 16.2 Å². The van der Waals surface area contributed by atoms with Crippen LogP contribution in [0.1, 0.15) is 41.2 Å². The number of nitrogens with one attached hydrogen (secondary N) is 1. The zero-order chi connectivity index (χ0) is 24.8. The number of piperidine rings is 1. The van der Waals surface area contributed by atoms with Crippen LogP contribution in [0, 0.1) is 6.92 Å². The Kier molecular flexibility index (Phi) is 5.74. The van der Waals surface area contributed by atoms with Gasteiger partial charge < -0.3 is 15.2 Å². The molecule has 2 aliphatic heterocycles. The molecular formula is C29H29N3O4. The van der Waals surface area contributed by atoms with Gasteiger partial charge in [-0.05, 0) is 60.2 Å². The second kappa shape index (κ2) is 9.08. The Balaban J connectivity index is 1.07. The number of aliphatic hydroxyl groups excluding tert-OH is 1. The first-order chi connectivity index (χ1) is 17.5. The molecule has 1 atom stereocenters. The Bertz CT molecular complexity index is 1350. The normalized spacial score (nSPS) is 19.3. The van der Waals surface area contributed by atoms with Crippen LogP contribution in [0.2, 0.25) is 0 Å². The molecule has 3 aromatic carbocycles. The molecule has 0 saturated carbocycles. The maximum atomic E-state index is 12.8. The van der Waals surface area contributed by atoms with Gasteiger partial charge in [-0.1, -0.05) is 48.0 Å². The van der Waals surface area contributed by atoms with E-state index in [0.717, 1.165) is 65.0 Å².